The van der Waals surface area contributed by atoms with E-state index in [9.17, 15) is 5.11 Å². The molecule has 5 heteroatoms. The number of nitrogens with zero attached hydrogens (tertiary/aromatic N) is 4. The first-order valence-corrected chi connectivity index (χ1v) is 5.97. The molecule has 17 heavy (non-hydrogen) atoms. The topological polar surface area (TPSA) is 52.5 Å². The second-order valence-electron chi connectivity index (χ2n) is 4.93. The Hall–Kier alpha value is -1.04. The maximum atomic E-state index is 9.76. The van der Waals surface area contributed by atoms with E-state index < -0.39 is 0 Å². The van der Waals surface area contributed by atoms with Gasteiger partial charge in [-0.05, 0) is 20.5 Å². The van der Waals surface area contributed by atoms with E-state index in [1.807, 2.05) is 0 Å². The average molecular weight is 236 g/mol. The maximum absolute atomic E-state index is 9.76. The van der Waals surface area contributed by atoms with E-state index in [4.69, 9.17) is 0 Å². The molecule has 1 aliphatic heterocycles. The minimum Gasteiger partial charge on any atom is -0.392 e. The van der Waals surface area contributed by atoms with Crippen molar-refractivity contribution in [1.29, 1.82) is 0 Å². The van der Waals surface area contributed by atoms with Gasteiger partial charge in [0.2, 0.25) is 0 Å². The lowest BCUT2D eigenvalue weighted by Gasteiger charge is -2.26. The highest BCUT2D eigenvalue weighted by atomic mass is 16.3. The van der Waals surface area contributed by atoms with Crippen LogP contribution in [0.15, 0.2) is 18.6 Å². The molecule has 2 unspecified atom stereocenters. The molecule has 2 heterocycles. The summed E-state index contributed by atoms with van der Waals surface area (Å²) in [6.45, 7) is 2.47. The van der Waals surface area contributed by atoms with Gasteiger partial charge in [-0.1, -0.05) is 0 Å². The summed E-state index contributed by atoms with van der Waals surface area (Å²) in [5.41, 5.74) is 0.963. The van der Waals surface area contributed by atoms with Crippen LogP contribution in [0.1, 0.15) is 12.1 Å². The minimum absolute atomic E-state index is 0.211. The van der Waals surface area contributed by atoms with Crippen molar-refractivity contribution in [1.82, 2.24) is 19.8 Å². The molecule has 1 fully saturated rings. The van der Waals surface area contributed by atoms with Crippen LogP contribution in [0.5, 0.6) is 0 Å². The summed E-state index contributed by atoms with van der Waals surface area (Å²) < 4.78 is 0. The summed E-state index contributed by atoms with van der Waals surface area (Å²) >= 11 is 0. The molecule has 1 aromatic rings. The molecule has 1 N–H and O–H groups in total. The number of likely N-dealkylation sites (N-methyl/N-ethyl adjacent to an activating group) is 1. The zero-order valence-corrected chi connectivity index (χ0v) is 10.5. The third-order valence-corrected chi connectivity index (χ3v) is 3.06. The number of aromatic nitrogens is 2. The monoisotopic (exact) mass is 236 g/mol. The highest BCUT2D eigenvalue weighted by Crippen LogP contribution is 2.20. The Morgan fingerprint density at radius 2 is 2.29 bits per heavy atom. The smallest absolute Gasteiger partial charge is 0.0726 e. The number of aliphatic hydroxyl groups excluding tert-OH is 1. The molecule has 0 aliphatic carbocycles. The molecule has 0 radical (unpaired) electrons. The normalized spacial score (nSPS) is 25.6. The van der Waals surface area contributed by atoms with Crippen molar-refractivity contribution in [2.75, 3.05) is 27.2 Å². The molecular weight excluding hydrogens is 216 g/mol. The molecular formula is C12H20N4O. The van der Waals surface area contributed by atoms with Gasteiger partial charge < -0.3 is 10.0 Å². The van der Waals surface area contributed by atoms with Gasteiger partial charge in [0.05, 0.1) is 11.8 Å². The fourth-order valence-corrected chi connectivity index (χ4v) is 2.38. The van der Waals surface area contributed by atoms with Gasteiger partial charge in [-0.25, -0.2) is 0 Å². The summed E-state index contributed by atoms with van der Waals surface area (Å²) in [4.78, 5) is 12.8. The highest BCUT2D eigenvalue weighted by molar-refractivity contribution is 4.97. The largest absolute Gasteiger partial charge is 0.392 e. The zero-order valence-electron chi connectivity index (χ0n) is 10.5. The SMILES string of the molecule is CN(C)CC1CC(O)CN1Cc1cnccn1. The lowest BCUT2D eigenvalue weighted by atomic mass is 10.2. The first kappa shape index (κ1) is 12.4. The predicted octanol–water partition coefficient (Wildman–Crippen LogP) is -0.0266. The number of β-amino-alcohol motifs (C(OH)–C–C–N with tert-alkyl or cyclic N) is 1. The third kappa shape index (κ3) is 3.46. The van der Waals surface area contributed by atoms with Crippen LogP contribution >= 0.6 is 0 Å². The number of aliphatic hydroxyl groups is 1. The number of hydrogen-bond acceptors (Lipinski definition) is 5. The van der Waals surface area contributed by atoms with Crippen molar-refractivity contribution in [3.8, 4) is 0 Å². The van der Waals surface area contributed by atoms with Crippen LogP contribution in [0.3, 0.4) is 0 Å². The lowest BCUT2D eigenvalue weighted by molar-refractivity contribution is 0.168. The summed E-state index contributed by atoms with van der Waals surface area (Å²) in [6, 6.07) is 0.405. The quantitative estimate of drug-likeness (QED) is 0.796. The fraction of sp³-hybridized carbons (Fsp3) is 0.667. The van der Waals surface area contributed by atoms with Gasteiger partial charge in [-0.3, -0.25) is 14.9 Å². The Morgan fingerprint density at radius 3 is 2.94 bits per heavy atom. The number of hydrogen-bond donors (Lipinski definition) is 1. The summed E-state index contributed by atoms with van der Waals surface area (Å²) in [5, 5.41) is 9.76. The van der Waals surface area contributed by atoms with Crippen molar-refractivity contribution < 1.29 is 5.11 Å². The van der Waals surface area contributed by atoms with Crippen molar-refractivity contribution in [2.24, 2.45) is 0 Å². The van der Waals surface area contributed by atoms with Crippen molar-refractivity contribution >= 4 is 0 Å². The molecule has 5 nitrogen and oxygen atoms in total. The second-order valence-corrected chi connectivity index (χ2v) is 4.93. The first-order valence-electron chi connectivity index (χ1n) is 5.97. The molecule has 0 amide bonds. The van der Waals surface area contributed by atoms with E-state index in [0.717, 1.165) is 31.7 Å². The van der Waals surface area contributed by atoms with Crippen molar-refractivity contribution in [3.05, 3.63) is 24.3 Å². The molecule has 1 saturated heterocycles. The molecule has 1 aromatic heterocycles. The van der Waals surface area contributed by atoms with Crippen molar-refractivity contribution in [3.63, 3.8) is 0 Å². The standard InChI is InChI=1S/C12H20N4O/c1-15(2)8-11-5-12(17)9-16(11)7-10-6-13-3-4-14-10/h3-4,6,11-12,17H,5,7-9H2,1-2H3. The van der Waals surface area contributed by atoms with Crippen molar-refractivity contribution in [2.45, 2.75) is 25.1 Å². The third-order valence-electron chi connectivity index (χ3n) is 3.06. The van der Waals surface area contributed by atoms with E-state index >= 15 is 0 Å². The van der Waals surface area contributed by atoms with E-state index in [1.54, 1.807) is 18.6 Å². The molecule has 0 saturated carbocycles. The van der Waals surface area contributed by atoms with Crippen LogP contribution < -0.4 is 0 Å². The maximum Gasteiger partial charge on any atom is 0.0726 e. The first-order chi connectivity index (χ1) is 8.15. The molecule has 2 rings (SSSR count). The Kier molecular flexibility index (Phi) is 4.04. The molecule has 0 bridgehead atoms. The Balaban J connectivity index is 1.98. The van der Waals surface area contributed by atoms with Gasteiger partial charge in [0, 0.05) is 44.3 Å². The van der Waals surface area contributed by atoms with Crippen LogP contribution in [0.25, 0.3) is 0 Å². The molecule has 0 aromatic carbocycles. The van der Waals surface area contributed by atoms with Gasteiger partial charge >= 0.3 is 0 Å². The van der Waals surface area contributed by atoms with E-state index in [0.29, 0.717) is 6.04 Å². The van der Waals surface area contributed by atoms with Crippen LogP contribution in [0, 0.1) is 0 Å². The summed E-state index contributed by atoms with van der Waals surface area (Å²) in [7, 11) is 4.12. The highest BCUT2D eigenvalue weighted by Gasteiger charge is 2.31. The predicted molar refractivity (Wildman–Crippen MR) is 65.4 cm³/mol. The second kappa shape index (κ2) is 5.53. The van der Waals surface area contributed by atoms with Gasteiger partial charge in [-0.2, -0.15) is 0 Å². The average Bonchev–Trinajstić information content (AvgIpc) is 2.59. The van der Waals surface area contributed by atoms with Gasteiger partial charge in [0.25, 0.3) is 0 Å². The lowest BCUT2D eigenvalue weighted by Crippen LogP contribution is -2.37. The zero-order chi connectivity index (χ0) is 12.3. The van der Waals surface area contributed by atoms with Crippen LogP contribution in [0.4, 0.5) is 0 Å². The van der Waals surface area contributed by atoms with Crippen LogP contribution in [-0.4, -0.2) is 64.2 Å². The van der Waals surface area contributed by atoms with E-state index in [1.165, 1.54) is 0 Å². The summed E-state index contributed by atoms with van der Waals surface area (Å²) in [5.74, 6) is 0. The Bertz CT molecular complexity index is 344. The molecule has 2 atom stereocenters. The summed E-state index contributed by atoms with van der Waals surface area (Å²) in [6.07, 6.45) is 5.81. The minimum atomic E-state index is -0.211. The van der Waals surface area contributed by atoms with Gasteiger partial charge in [0.1, 0.15) is 0 Å². The molecule has 1 aliphatic rings. The molecule has 94 valence electrons. The Labute approximate surface area is 102 Å². The molecule has 0 spiro atoms. The fourth-order valence-electron chi connectivity index (χ4n) is 2.38. The van der Waals surface area contributed by atoms with Gasteiger partial charge in [-0.15, -0.1) is 0 Å². The number of likely N-dealkylation sites (tertiary alicyclic amines) is 1. The van der Waals surface area contributed by atoms with Crippen LogP contribution in [-0.2, 0) is 6.54 Å². The Morgan fingerprint density at radius 1 is 1.47 bits per heavy atom. The van der Waals surface area contributed by atoms with Crippen LogP contribution in [0.2, 0.25) is 0 Å². The van der Waals surface area contributed by atoms with Gasteiger partial charge in [0.15, 0.2) is 0 Å². The van der Waals surface area contributed by atoms with E-state index in [2.05, 4.69) is 33.9 Å². The van der Waals surface area contributed by atoms with E-state index in [-0.39, 0.29) is 6.10 Å². The number of rotatable bonds is 4.